The van der Waals surface area contributed by atoms with Gasteiger partial charge in [0.1, 0.15) is 11.1 Å². The quantitative estimate of drug-likeness (QED) is 0.243. The van der Waals surface area contributed by atoms with Gasteiger partial charge in [-0.05, 0) is 19.1 Å². The van der Waals surface area contributed by atoms with Crippen LogP contribution < -0.4 is 9.47 Å². The fraction of sp³-hybridized carbons (Fsp3) is 0.200. The molecule has 1 aromatic heterocycles. The molecule has 0 fully saturated rings. The third-order valence-electron chi connectivity index (χ3n) is 4.03. The van der Waals surface area contributed by atoms with Gasteiger partial charge in [-0.3, -0.25) is 14.9 Å². The van der Waals surface area contributed by atoms with Crippen LogP contribution in [0.2, 0.25) is 0 Å². The van der Waals surface area contributed by atoms with Gasteiger partial charge in [0.2, 0.25) is 5.78 Å². The van der Waals surface area contributed by atoms with Crippen LogP contribution in [0.15, 0.2) is 46.9 Å². The first-order chi connectivity index (χ1) is 13.9. The van der Waals surface area contributed by atoms with Crippen molar-refractivity contribution in [1.82, 2.24) is 0 Å². The Kier molecular flexibility index (Phi) is 5.77. The van der Waals surface area contributed by atoms with Crippen molar-refractivity contribution in [2.75, 3.05) is 20.3 Å². The minimum Gasteiger partial charge on any atom is -0.493 e. The third kappa shape index (κ3) is 4.18. The summed E-state index contributed by atoms with van der Waals surface area (Å²) in [6.45, 7) is 1.34. The molecule has 0 spiro atoms. The summed E-state index contributed by atoms with van der Waals surface area (Å²) in [5, 5.41) is 12.1. The van der Waals surface area contributed by atoms with E-state index in [1.54, 1.807) is 31.2 Å². The van der Waals surface area contributed by atoms with Crippen LogP contribution in [0.1, 0.15) is 27.8 Å². The van der Waals surface area contributed by atoms with E-state index in [0.29, 0.717) is 5.58 Å². The summed E-state index contributed by atoms with van der Waals surface area (Å²) in [5.74, 6) is -1.33. The molecule has 3 aromatic rings. The molecule has 0 radical (unpaired) electrons. The molecule has 0 bridgehead atoms. The summed E-state index contributed by atoms with van der Waals surface area (Å²) in [6.07, 6.45) is 0. The van der Waals surface area contributed by atoms with Gasteiger partial charge in [0, 0.05) is 11.5 Å². The number of carbonyl (C=O) groups excluding carboxylic acids is 2. The van der Waals surface area contributed by atoms with E-state index < -0.39 is 29.0 Å². The van der Waals surface area contributed by atoms with Crippen molar-refractivity contribution in [3.63, 3.8) is 0 Å². The second kappa shape index (κ2) is 8.42. The predicted molar refractivity (Wildman–Crippen MR) is 102 cm³/mol. The highest BCUT2D eigenvalue weighted by atomic mass is 16.6. The van der Waals surface area contributed by atoms with Crippen LogP contribution >= 0.6 is 0 Å². The van der Waals surface area contributed by atoms with Gasteiger partial charge in [-0.2, -0.15) is 0 Å². The average Bonchev–Trinajstić information content (AvgIpc) is 3.16. The van der Waals surface area contributed by atoms with E-state index in [2.05, 4.69) is 0 Å². The standard InChI is InChI=1S/C20H17NO8/c1-3-27-19-9-13(14(21(24)25)10-18(19)26-2)20(23)28-11-15(22)17-8-12-6-4-5-7-16(12)29-17/h4-10H,3,11H2,1-2H3. The van der Waals surface area contributed by atoms with Gasteiger partial charge in [-0.15, -0.1) is 0 Å². The second-order valence-electron chi connectivity index (χ2n) is 5.86. The largest absolute Gasteiger partial charge is 0.493 e. The maximum absolute atomic E-state index is 12.4. The zero-order valence-electron chi connectivity index (χ0n) is 15.7. The number of nitrogens with zero attached hydrogens (tertiary/aromatic N) is 1. The first-order valence-corrected chi connectivity index (χ1v) is 8.62. The van der Waals surface area contributed by atoms with Crippen LogP contribution in [-0.4, -0.2) is 37.0 Å². The number of nitro groups is 1. The number of hydrogen-bond donors (Lipinski definition) is 0. The normalized spacial score (nSPS) is 10.6. The van der Waals surface area contributed by atoms with Gasteiger partial charge in [0.15, 0.2) is 23.9 Å². The monoisotopic (exact) mass is 399 g/mol. The summed E-state index contributed by atoms with van der Waals surface area (Å²) in [6, 6.07) is 10.8. The number of para-hydroxylation sites is 1. The molecule has 3 rings (SSSR count). The first-order valence-electron chi connectivity index (χ1n) is 8.62. The van der Waals surface area contributed by atoms with Crippen LogP contribution in [0.4, 0.5) is 5.69 Å². The number of rotatable bonds is 8. The smallest absolute Gasteiger partial charge is 0.345 e. The molecule has 0 N–H and O–H groups in total. The number of nitro benzene ring substituents is 1. The summed E-state index contributed by atoms with van der Waals surface area (Å²) in [5.41, 5.74) is -0.350. The summed E-state index contributed by atoms with van der Waals surface area (Å²) in [4.78, 5) is 35.3. The zero-order chi connectivity index (χ0) is 21.0. The van der Waals surface area contributed by atoms with E-state index in [9.17, 15) is 19.7 Å². The summed E-state index contributed by atoms with van der Waals surface area (Å²) < 4.78 is 20.8. The molecule has 0 unspecified atom stereocenters. The van der Waals surface area contributed by atoms with Crippen molar-refractivity contribution in [3.05, 3.63) is 63.9 Å². The van der Waals surface area contributed by atoms with E-state index in [0.717, 1.165) is 17.5 Å². The highest BCUT2D eigenvalue weighted by Crippen LogP contribution is 2.35. The van der Waals surface area contributed by atoms with E-state index in [1.807, 2.05) is 0 Å². The lowest BCUT2D eigenvalue weighted by Crippen LogP contribution is -2.15. The third-order valence-corrected chi connectivity index (χ3v) is 4.03. The highest BCUT2D eigenvalue weighted by Gasteiger charge is 2.27. The summed E-state index contributed by atoms with van der Waals surface area (Å²) in [7, 11) is 1.32. The fourth-order valence-electron chi connectivity index (χ4n) is 2.69. The van der Waals surface area contributed by atoms with Gasteiger partial charge >= 0.3 is 5.97 Å². The molecule has 0 aliphatic carbocycles. The van der Waals surface area contributed by atoms with Crippen molar-refractivity contribution in [2.24, 2.45) is 0 Å². The Morgan fingerprint density at radius 3 is 2.55 bits per heavy atom. The maximum Gasteiger partial charge on any atom is 0.345 e. The number of esters is 1. The van der Waals surface area contributed by atoms with Crippen molar-refractivity contribution in [3.8, 4) is 11.5 Å². The molecule has 150 valence electrons. The van der Waals surface area contributed by atoms with Crippen LogP contribution in [0.5, 0.6) is 11.5 Å². The Bertz CT molecular complexity index is 1050. The molecule has 0 saturated heterocycles. The van der Waals surface area contributed by atoms with Crippen molar-refractivity contribution >= 4 is 28.4 Å². The number of Topliss-reactive ketones (excluding diaryl/α,β-unsaturated/α-hetero) is 1. The average molecular weight is 399 g/mol. The van der Waals surface area contributed by atoms with E-state index in [1.165, 1.54) is 13.2 Å². The van der Waals surface area contributed by atoms with Crippen LogP contribution in [0, 0.1) is 10.1 Å². The van der Waals surface area contributed by atoms with Gasteiger partial charge < -0.3 is 18.6 Å². The number of ketones is 1. The second-order valence-corrected chi connectivity index (χ2v) is 5.86. The number of benzene rings is 2. The van der Waals surface area contributed by atoms with Crippen LogP contribution in [0.25, 0.3) is 11.0 Å². The van der Waals surface area contributed by atoms with E-state index in [4.69, 9.17) is 18.6 Å². The Hall–Kier alpha value is -3.88. The summed E-state index contributed by atoms with van der Waals surface area (Å²) >= 11 is 0. The van der Waals surface area contributed by atoms with Crippen molar-refractivity contribution < 1.29 is 33.1 Å². The zero-order valence-corrected chi connectivity index (χ0v) is 15.7. The van der Waals surface area contributed by atoms with Crippen molar-refractivity contribution in [2.45, 2.75) is 6.92 Å². The lowest BCUT2D eigenvalue weighted by Gasteiger charge is -2.11. The fourth-order valence-corrected chi connectivity index (χ4v) is 2.69. The van der Waals surface area contributed by atoms with E-state index >= 15 is 0 Å². The molecule has 9 heteroatoms. The predicted octanol–water partition coefficient (Wildman–Crippen LogP) is 3.79. The van der Waals surface area contributed by atoms with Crippen LogP contribution in [-0.2, 0) is 4.74 Å². The number of hydrogen-bond acceptors (Lipinski definition) is 8. The number of carbonyl (C=O) groups is 2. The SMILES string of the molecule is CCOc1cc(C(=O)OCC(=O)c2cc3ccccc3o2)c([N+](=O)[O-])cc1OC. The molecule has 1 heterocycles. The number of methoxy groups -OCH3 is 1. The molecule has 0 aliphatic heterocycles. The molecule has 0 aliphatic rings. The molecule has 9 nitrogen and oxygen atoms in total. The Balaban J connectivity index is 1.81. The molecule has 0 amide bonds. The van der Waals surface area contributed by atoms with E-state index in [-0.39, 0.29) is 29.4 Å². The number of fused-ring (bicyclic) bond motifs is 1. The van der Waals surface area contributed by atoms with Gasteiger partial charge in [-0.1, -0.05) is 18.2 Å². The molecular formula is C20H17NO8. The Labute approximate surface area is 164 Å². The minimum atomic E-state index is -1.04. The minimum absolute atomic E-state index is 0.0261. The topological polar surface area (TPSA) is 118 Å². The Morgan fingerprint density at radius 1 is 1.14 bits per heavy atom. The molecule has 29 heavy (non-hydrogen) atoms. The van der Waals surface area contributed by atoms with Gasteiger partial charge in [0.05, 0.1) is 24.7 Å². The van der Waals surface area contributed by atoms with Gasteiger partial charge in [0.25, 0.3) is 5.69 Å². The molecular weight excluding hydrogens is 382 g/mol. The lowest BCUT2D eigenvalue weighted by atomic mass is 10.1. The molecule has 0 saturated carbocycles. The molecule has 0 atom stereocenters. The highest BCUT2D eigenvalue weighted by molar-refractivity contribution is 6.01. The lowest BCUT2D eigenvalue weighted by molar-refractivity contribution is -0.385. The maximum atomic E-state index is 12.4. The van der Waals surface area contributed by atoms with Crippen LogP contribution in [0.3, 0.4) is 0 Å². The number of ether oxygens (including phenoxy) is 3. The number of furan rings is 1. The first kappa shape index (κ1) is 19.9. The Morgan fingerprint density at radius 2 is 1.90 bits per heavy atom. The molecule has 2 aromatic carbocycles. The van der Waals surface area contributed by atoms with Crippen molar-refractivity contribution in [1.29, 1.82) is 0 Å². The van der Waals surface area contributed by atoms with Gasteiger partial charge in [-0.25, -0.2) is 4.79 Å².